The maximum absolute atomic E-state index is 11.5. The van der Waals surface area contributed by atoms with Gasteiger partial charge in [0.1, 0.15) is 5.75 Å². The Morgan fingerprint density at radius 1 is 1.38 bits per heavy atom. The van der Waals surface area contributed by atoms with Crippen LogP contribution in [0.5, 0.6) is 5.75 Å². The number of hydrogen-bond donors (Lipinski definition) is 1. The van der Waals surface area contributed by atoms with Crippen molar-refractivity contribution in [1.29, 1.82) is 0 Å². The molecule has 0 saturated carbocycles. The second-order valence-corrected chi connectivity index (χ2v) is 3.09. The Kier molecular flexibility index (Phi) is 3.88. The summed E-state index contributed by atoms with van der Waals surface area (Å²) in [6.45, 7) is 2.11. The van der Waals surface area contributed by atoms with E-state index in [1.807, 2.05) is 0 Å². The molecule has 0 bridgehead atoms. The minimum absolute atomic E-state index is 0.349. The zero-order chi connectivity index (χ0) is 12.1. The molecule has 0 aromatic heterocycles. The van der Waals surface area contributed by atoms with Crippen LogP contribution < -0.4 is 15.4 Å². The lowest BCUT2D eigenvalue weighted by molar-refractivity contribution is -0.135. The lowest BCUT2D eigenvalue weighted by Crippen LogP contribution is -2.40. The molecule has 1 aromatic carbocycles. The quantitative estimate of drug-likeness (QED) is 0.758. The molecule has 2 amide bonds. The molecule has 1 aromatic rings. The third kappa shape index (κ3) is 2.31. The highest BCUT2D eigenvalue weighted by Crippen LogP contribution is 2.27. The first-order chi connectivity index (χ1) is 7.61. The van der Waals surface area contributed by atoms with Crippen LogP contribution >= 0.6 is 0 Å². The Morgan fingerprint density at radius 2 is 2.00 bits per heavy atom. The molecule has 0 spiro atoms. The van der Waals surface area contributed by atoms with Crippen molar-refractivity contribution < 1.29 is 14.3 Å². The number of likely N-dealkylation sites (N-methyl/N-ethyl adjacent to an activating group) is 1. The number of carbonyl (C=O) groups is 2. The normalized spacial score (nSPS) is 9.62. The molecule has 0 aliphatic heterocycles. The van der Waals surface area contributed by atoms with Crippen LogP contribution in [0.15, 0.2) is 24.3 Å². The van der Waals surface area contributed by atoms with E-state index in [-0.39, 0.29) is 0 Å². The summed E-state index contributed by atoms with van der Waals surface area (Å²) in [6.07, 6.45) is 0. The molecule has 0 aliphatic rings. The van der Waals surface area contributed by atoms with Crippen LogP contribution in [0.2, 0.25) is 0 Å². The summed E-state index contributed by atoms with van der Waals surface area (Å²) in [7, 11) is 1.50. The summed E-state index contributed by atoms with van der Waals surface area (Å²) >= 11 is 0. The van der Waals surface area contributed by atoms with E-state index in [1.165, 1.54) is 12.0 Å². The molecule has 0 radical (unpaired) electrons. The Labute approximate surface area is 93.8 Å². The van der Waals surface area contributed by atoms with Crippen LogP contribution in [0.4, 0.5) is 5.69 Å². The summed E-state index contributed by atoms with van der Waals surface area (Å²) in [4.78, 5) is 23.7. The highest BCUT2D eigenvalue weighted by atomic mass is 16.5. The van der Waals surface area contributed by atoms with Gasteiger partial charge in [-0.25, -0.2) is 0 Å². The molecule has 1 rings (SSSR count). The second kappa shape index (κ2) is 5.16. The summed E-state index contributed by atoms with van der Waals surface area (Å²) in [5.41, 5.74) is 5.51. The maximum atomic E-state index is 11.5. The standard InChI is InChI=1S/C11H14N2O3/c1-3-13(11(15)10(12)14)8-6-4-5-7-9(8)16-2/h4-7H,3H2,1-2H3,(H2,12,14). The first kappa shape index (κ1) is 12.0. The van der Waals surface area contributed by atoms with Crippen molar-refractivity contribution in [3.63, 3.8) is 0 Å². The first-order valence-corrected chi connectivity index (χ1v) is 4.86. The molecule has 0 aliphatic carbocycles. The monoisotopic (exact) mass is 222 g/mol. The Bertz CT molecular complexity index is 404. The number of ether oxygens (including phenoxy) is 1. The molecule has 0 unspecified atom stereocenters. The Balaban J connectivity index is 3.13. The number of para-hydroxylation sites is 2. The minimum Gasteiger partial charge on any atom is -0.495 e. The smallest absolute Gasteiger partial charge is 0.316 e. The molecule has 0 heterocycles. The summed E-state index contributed by atoms with van der Waals surface area (Å²) in [5, 5.41) is 0. The number of nitrogens with zero attached hydrogens (tertiary/aromatic N) is 1. The number of amides is 2. The number of anilines is 1. The average molecular weight is 222 g/mol. The van der Waals surface area contributed by atoms with Crippen molar-refractivity contribution in [1.82, 2.24) is 0 Å². The fraction of sp³-hybridized carbons (Fsp3) is 0.273. The highest BCUT2D eigenvalue weighted by molar-refractivity contribution is 6.40. The van der Waals surface area contributed by atoms with Crippen LogP contribution in [-0.4, -0.2) is 25.5 Å². The van der Waals surface area contributed by atoms with Gasteiger partial charge in [0.2, 0.25) is 0 Å². The van der Waals surface area contributed by atoms with Crippen LogP contribution in [-0.2, 0) is 9.59 Å². The van der Waals surface area contributed by atoms with E-state index in [1.54, 1.807) is 31.2 Å². The zero-order valence-corrected chi connectivity index (χ0v) is 9.27. The first-order valence-electron chi connectivity index (χ1n) is 4.86. The third-order valence-corrected chi connectivity index (χ3v) is 2.15. The largest absolute Gasteiger partial charge is 0.495 e. The van der Waals surface area contributed by atoms with Gasteiger partial charge >= 0.3 is 11.8 Å². The topological polar surface area (TPSA) is 72.6 Å². The van der Waals surface area contributed by atoms with Gasteiger partial charge in [-0.15, -0.1) is 0 Å². The maximum Gasteiger partial charge on any atom is 0.316 e. The number of carbonyl (C=O) groups excluding carboxylic acids is 2. The van der Waals surface area contributed by atoms with E-state index in [9.17, 15) is 9.59 Å². The van der Waals surface area contributed by atoms with Crippen molar-refractivity contribution >= 4 is 17.5 Å². The van der Waals surface area contributed by atoms with Crippen molar-refractivity contribution in [3.8, 4) is 5.75 Å². The molecular weight excluding hydrogens is 208 g/mol. The van der Waals surface area contributed by atoms with Gasteiger partial charge in [-0.3, -0.25) is 9.59 Å². The third-order valence-electron chi connectivity index (χ3n) is 2.15. The molecule has 0 fully saturated rings. The Morgan fingerprint density at radius 3 is 2.50 bits per heavy atom. The number of rotatable bonds is 3. The number of methoxy groups -OCH3 is 1. The van der Waals surface area contributed by atoms with E-state index in [0.717, 1.165) is 0 Å². The number of hydrogen-bond acceptors (Lipinski definition) is 3. The van der Waals surface area contributed by atoms with Crippen LogP contribution in [0.3, 0.4) is 0 Å². The molecule has 5 heteroatoms. The summed E-state index contributed by atoms with van der Waals surface area (Å²) < 4.78 is 5.11. The van der Waals surface area contributed by atoms with Crippen molar-refractivity contribution in [2.75, 3.05) is 18.6 Å². The predicted octanol–water partition coefficient (Wildman–Crippen LogP) is 0.533. The van der Waals surface area contributed by atoms with Crippen LogP contribution in [0.25, 0.3) is 0 Å². The zero-order valence-electron chi connectivity index (χ0n) is 9.27. The SMILES string of the molecule is CCN(C(=O)C(N)=O)c1ccccc1OC. The van der Waals surface area contributed by atoms with Gasteiger partial charge < -0.3 is 15.4 Å². The van der Waals surface area contributed by atoms with Crippen molar-refractivity contribution in [2.24, 2.45) is 5.73 Å². The van der Waals surface area contributed by atoms with E-state index < -0.39 is 11.8 Å². The van der Waals surface area contributed by atoms with Crippen LogP contribution in [0.1, 0.15) is 6.92 Å². The van der Waals surface area contributed by atoms with E-state index in [0.29, 0.717) is 18.0 Å². The lowest BCUT2D eigenvalue weighted by Gasteiger charge is -2.21. The fourth-order valence-electron chi connectivity index (χ4n) is 1.41. The molecule has 0 saturated heterocycles. The van der Waals surface area contributed by atoms with Crippen molar-refractivity contribution in [2.45, 2.75) is 6.92 Å². The van der Waals surface area contributed by atoms with Gasteiger partial charge in [0.15, 0.2) is 0 Å². The predicted molar refractivity (Wildman–Crippen MR) is 60.2 cm³/mol. The molecule has 86 valence electrons. The molecule has 5 nitrogen and oxygen atoms in total. The second-order valence-electron chi connectivity index (χ2n) is 3.09. The van der Waals surface area contributed by atoms with E-state index in [4.69, 9.17) is 10.5 Å². The van der Waals surface area contributed by atoms with Crippen LogP contribution in [0, 0.1) is 0 Å². The van der Waals surface area contributed by atoms with Gasteiger partial charge in [-0.05, 0) is 19.1 Å². The number of benzene rings is 1. The van der Waals surface area contributed by atoms with E-state index in [2.05, 4.69) is 0 Å². The fourth-order valence-corrected chi connectivity index (χ4v) is 1.41. The highest BCUT2D eigenvalue weighted by Gasteiger charge is 2.21. The lowest BCUT2D eigenvalue weighted by atomic mass is 10.2. The van der Waals surface area contributed by atoms with Gasteiger partial charge in [0, 0.05) is 6.54 Å². The average Bonchev–Trinajstić information content (AvgIpc) is 2.30. The van der Waals surface area contributed by atoms with Gasteiger partial charge in [-0.1, -0.05) is 12.1 Å². The van der Waals surface area contributed by atoms with Gasteiger partial charge in [-0.2, -0.15) is 0 Å². The van der Waals surface area contributed by atoms with Crippen molar-refractivity contribution in [3.05, 3.63) is 24.3 Å². The molecular formula is C11H14N2O3. The number of nitrogens with two attached hydrogens (primary N) is 1. The molecule has 16 heavy (non-hydrogen) atoms. The summed E-state index contributed by atoms with van der Waals surface area (Å²) in [6, 6.07) is 6.95. The van der Waals surface area contributed by atoms with E-state index >= 15 is 0 Å². The molecule has 2 N–H and O–H groups in total. The van der Waals surface area contributed by atoms with Gasteiger partial charge in [0.25, 0.3) is 0 Å². The Hall–Kier alpha value is -2.04. The van der Waals surface area contributed by atoms with Gasteiger partial charge in [0.05, 0.1) is 12.8 Å². The number of primary amides is 1. The summed E-state index contributed by atoms with van der Waals surface area (Å²) in [5.74, 6) is -1.20. The minimum atomic E-state index is -0.979. The molecule has 0 atom stereocenters.